The van der Waals surface area contributed by atoms with E-state index in [1.54, 1.807) is 6.07 Å². The van der Waals surface area contributed by atoms with Crippen molar-refractivity contribution in [2.24, 2.45) is 0 Å². The van der Waals surface area contributed by atoms with E-state index in [1.807, 2.05) is 0 Å². The Hall–Kier alpha value is -1.74. The van der Waals surface area contributed by atoms with Crippen molar-refractivity contribution >= 4 is 22.5 Å². The number of aromatic nitrogens is 1. The van der Waals surface area contributed by atoms with Gasteiger partial charge in [-0.1, -0.05) is 0 Å². The number of carbonyl (C=O) groups excluding carboxylic acids is 1. The first-order valence-corrected chi connectivity index (χ1v) is 4.03. The first kappa shape index (κ1) is 11.3. The number of hydrogen-bond acceptors (Lipinski definition) is 4. The standard InChI is InChI=1S/C8H4ClF2N3O/c9-7(15)6-5(8(10)11)4(13)1-3(2-12)14-6/h1,8H,(H2,13,14). The monoisotopic (exact) mass is 231 g/mol. The summed E-state index contributed by atoms with van der Waals surface area (Å²) in [6.07, 6.45) is -2.97. The highest BCUT2D eigenvalue weighted by Gasteiger charge is 2.22. The molecule has 0 saturated heterocycles. The van der Waals surface area contributed by atoms with Crippen LogP contribution in [0, 0.1) is 11.3 Å². The lowest BCUT2D eigenvalue weighted by atomic mass is 10.1. The molecule has 0 saturated carbocycles. The summed E-state index contributed by atoms with van der Waals surface area (Å²) in [4.78, 5) is 14.2. The molecule has 0 atom stereocenters. The minimum Gasteiger partial charge on any atom is -0.398 e. The number of halogens is 3. The molecule has 0 amide bonds. The summed E-state index contributed by atoms with van der Waals surface area (Å²) in [6.45, 7) is 0. The number of anilines is 1. The van der Waals surface area contributed by atoms with E-state index in [1.165, 1.54) is 0 Å². The van der Waals surface area contributed by atoms with Gasteiger partial charge < -0.3 is 5.73 Å². The predicted octanol–water partition coefficient (Wildman–Crippen LogP) is 1.85. The van der Waals surface area contributed by atoms with E-state index in [0.29, 0.717) is 0 Å². The third-order valence-corrected chi connectivity index (χ3v) is 1.79. The van der Waals surface area contributed by atoms with Crippen molar-refractivity contribution in [2.75, 3.05) is 5.73 Å². The second-order valence-corrected chi connectivity index (χ2v) is 2.89. The first-order chi connectivity index (χ1) is 6.97. The number of nitrogen functional groups attached to an aromatic ring is 1. The molecule has 2 N–H and O–H groups in total. The summed E-state index contributed by atoms with van der Waals surface area (Å²) in [5.74, 6) is 0. The molecule has 0 bridgehead atoms. The average Bonchev–Trinajstić information content (AvgIpc) is 2.15. The van der Waals surface area contributed by atoms with E-state index in [0.717, 1.165) is 6.07 Å². The van der Waals surface area contributed by atoms with Gasteiger partial charge in [0, 0.05) is 5.69 Å². The maximum absolute atomic E-state index is 12.5. The highest BCUT2D eigenvalue weighted by molar-refractivity contribution is 6.67. The van der Waals surface area contributed by atoms with Crippen LogP contribution in [0.25, 0.3) is 0 Å². The molecule has 1 rings (SSSR count). The fraction of sp³-hybridized carbons (Fsp3) is 0.125. The second-order valence-electron chi connectivity index (χ2n) is 2.55. The van der Waals surface area contributed by atoms with E-state index in [4.69, 9.17) is 22.6 Å². The topological polar surface area (TPSA) is 79.8 Å². The molecule has 1 aromatic rings. The van der Waals surface area contributed by atoms with E-state index in [9.17, 15) is 13.6 Å². The molecule has 0 aliphatic heterocycles. The van der Waals surface area contributed by atoms with Crippen molar-refractivity contribution < 1.29 is 13.6 Å². The molecule has 7 heteroatoms. The zero-order valence-corrected chi connectivity index (χ0v) is 7.92. The van der Waals surface area contributed by atoms with Gasteiger partial charge in [-0.3, -0.25) is 4.79 Å². The van der Waals surface area contributed by atoms with Crippen LogP contribution in [-0.4, -0.2) is 10.2 Å². The minimum absolute atomic E-state index is 0.235. The number of nitrogens with two attached hydrogens (primary N) is 1. The lowest BCUT2D eigenvalue weighted by Gasteiger charge is -2.07. The van der Waals surface area contributed by atoms with Gasteiger partial charge >= 0.3 is 0 Å². The molecule has 1 heterocycles. The number of nitrogens with zero attached hydrogens (tertiary/aromatic N) is 2. The van der Waals surface area contributed by atoms with Gasteiger partial charge in [-0.15, -0.1) is 0 Å². The molecular weight excluding hydrogens is 228 g/mol. The maximum atomic E-state index is 12.5. The number of rotatable bonds is 2. The van der Waals surface area contributed by atoms with Crippen molar-refractivity contribution in [1.29, 1.82) is 5.26 Å². The molecule has 1 aromatic heterocycles. The van der Waals surface area contributed by atoms with Crippen LogP contribution in [-0.2, 0) is 0 Å². The van der Waals surface area contributed by atoms with Crippen LogP contribution in [0.15, 0.2) is 6.07 Å². The Morgan fingerprint density at radius 1 is 1.67 bits per heavy atom. The molecule has 4 nitrogen and oxygen atoms in total. The molecule has 78 valence electrons. The van der Waals surface area contributed by atoms with Crippen LogP contribution < -0.4 is 5.73 Å². The summed E-state index contributed by atoms with van der Waals surface area (Å²) in [5.41, 5.74) is 3.23. The summed E-state index contributed by atoms with van der Waals surface area (Å²) in [5, 5.41) is 7.32. The van der Waals surface area contributed by atoms with Crippen LogP contribution in [0.3, 0.4) is 0 Å². The van der Waals surface area contributed by atoms with Crippen LogP contribution in [0.1, 0.15) is 28.2 Å². The molecule has 0 aromatic carbocycles. The zero-order chi connectivity index (χ0) is 11.6. The summed E-state index contributed by atoms with van der Waals surface area (Å²) in [6, 6.07) is 2.55. The average molecular weight is 232 g/mol. The second kappa shape index (κ2) is 4.19. The Kier molecular flexibility index (Phi) is 3.17. The molecular formula is C8H4ClF2N3O. The lowest BCUT2D eigenvalue weighted by Crippen LogP contribution is -2.07. The van der Waals surface area contributed by atoms with Crippen LogP contribution in [0.4, 0.5) is 14.5 Å². The van der Waals surface area contributed by atoms with E-state index >= 15 is 0 Å². The number of hydrogen-bond donors (Lipinski definition) is 1. The Labute approximate surface area is 88.3 Å². The highest BCUT2D eigenvalue weighted by atomic mass is 35.5. The molecule has 0 radical (unpaired) electrons. The van der Waals surface area contributed by atoms with E-state index in [2.05, 4.69) is 4.98 Å². The van der Waals surface area contributed by atoms with Gasteiger partial charge in [0.25, 0.3) is 11.7 Å². The Morgan fingerprint density at radius 3 is 2.67 bits per heavy atom. The van der Waals surface area contributed by atoms with Crippen molar-refractivity contribution in [3.63, 3.8) is 0 Å². The fourth-order valence-corrected chi connectivity index (χ4v) is 1.16. The SMILES string of the molecule is N#Cc1cc(N)c(C(F)F)c(C(=O)Cl)n1. The smallest absolute Gasteiger partial charge is 0.271 e. The van der Waals surface area contributed by atoms with Gasteiger partial charge in [0.1, 0.15) is 17.5 Å². The van der Waals surface area contributed by atoms with Crippen LogP contribution in [0.5, 0.6) is 0 Å². The summed E-state index contributed by atoms with van der Waals surface area (Å²) in [7, 11) is 0. The van der Waals surface area contributed by atoms with Gasteiger partial charge in [0.15, 0.2) is 0 Å². The largest absolute Gasteiger partial charge is 0.398 e. The van der Waals surface area contributed by atoms with Crippen molar-refractivity contribution in [1.82, 2.24) is 4.98 Å². The van der Waals surface area contributed by atoms with Gasteiger partial charge in [0.2, 0.25) is 0 Å². The quantitative estimate of drug-likeness (QED) is 0.788. The Bertz CT molecular complexity index is 456. The van der Waals surface area contributed by atoms with Crippen molar-refractivity contribution in [3.05, 3.63) is 23.0 Å². The lowest BCUT2D eigenvalue weighted by molar-refractivity contribution is 0.106. The third kappa shape index (κ3) is 2.19. The van der Waals surface area contributed by atoms with Crippen LogP contribution >= 0.6 is 11.6 Å². The highest BCUT2D eigenvalue weighted by Crippen LogP contribution is 2.29. The molecule has 0 unspecified atom stereocenters. The van der Waals surface area contributed by atoms with Gasteiger partial charge in [-0.05, 0) is 17.7 Å². The molecule has 0 spiro atoms. The van der Waals surface area contributed by atoms with Gasteiger partial charge in [0.05, 0.1) is 5.56 Å². The summed E-state index contributed by atoms with van der Waals surface area (Å²) < 4.78 is 24.9. The van der Waals surface area contributed by atoms with E-state index < -0.39 is 22.9 Å². The third-order valence-electron chi connectivity index (χ3n) is 1.61. The molecule has 0 fully saturated rings. The maximum Gasteiger partial charge on any atom is 0.271 e. The number of carbonyl (C=O) groups is 1. The number of nitriles is 1. The minimum atomic E-state index is -2.97. The van der Waals surface area contributed by atoms with Crippen molar-refractivity contribution in [2.45, 2.75) is 6.43 Å². The molecule has 0 aliphatic rings. The predicted molar refractivity (Wildman–Crippen MR) is 48.5 cm³/mol. The Balaban J connectivity index is 3.51. The summed E-state index contributed by atoms with van der Waals surface area (Å²) >= 11 is 5.05. The first-order valence-electron chi connectivity index (χ1n) is 3.66. The fourth-order valence-electron chi connectivity index (χ4n) is 1.01. The van der Waals surface area contributed by atoms with E-state index in [-0.39, 0.29) is 11.4 Å². The number of pyridine rings is 1. The van der Waals surface area contributed by atoms with Crippen LogP contribution in [0.2, 0.25) is 0 Å². The zero-order valence-electron chi connectivity index (χ0n) is 7.17. The van der Waals surface area contributed by atoms with Crippen molar-refractivity contribution in [3.8, 4) is 6.07 Å². The normalized spacial score (nSPS) is 10.1. The Morgan fingerprint density at radius 2 is 2.27 bits per heavy atom. The van der Waals surface area contributed by atoms with Gasteiger partial charge in [-0.2, -0.15) is 5.26 Å². The molecule has 0 aliphatic carbocycles. The van der Waals surface area contributed by atoms with Gasteiger partial charge in [-0.25, -0.2) is 13.8 Å². The number of alkyl halides is 2. The molecule has 15 heavy (non-hydrogen) atoms.